The maximum absolute atomic E-state index is 13.1. The number of hydrogen-bond donors (Lipinski definition) is 0. The Hall–Kier alpha value is -1.27. The lowest BCUT2D eigenvalue weighted by Gasteiger charge is -2.59. The van der Waals surface area contributed by atoms with Gasteiger partial charge in [0.2, 0.25) is 0 Å². The number of alkyl halides is 3. The van der Waals surface area contributed by atoms with Crippen LogP contribution in [0.5, 0.6) is 0 Å². The number of carbonyl (C=O) groups excluding carboxylic acids is 2. The van der Waals surface area contributed by atoms with Gasteiger partial charge in [-0.05, 0) is 76.0 Å². The smallest absolute Gasteiger partial charge is 0.404 e. The molecule has 4 saturated carbocycles. The summed E-state index contributed by atoms with van der Waals surface area (Å²) in [5, 5.41) is 0. The maximum Gasteiger partial charge on any atom is 0.404 e. The first kappa shape index (κ1) is 20.5. The number of hydrogen-bond acceptors (Lipinski definition) is 4. The Morgan fingerprint density at radius 1 is 1.04 bits per heavy atom. The lowest BCUT2D eigenvalue weighted by Crippen LogP contribution is -2.58. The lowest BCUT2D eigenvalue weighted by atomic mass is 9.50. The molecular formula is C20H29F3O4. The molecule has 154 valence electrons. The van der Waals surface area contributed by atoms with E-state index in [9.17, 15) is 22.8 Å². The van der Waals surface area contributed by atoms with Crippen LogP contribution in [0.4, 0.5) is 13.2 Å². The number of carbonyl (C=O) groups is 2. The van der Waals surface area contributed by atoms with Gasteiger partial charge in [0.15, 0.2) is 5.41 Å². The van der Waals surface area contributed by atoms with Crippen molar-refractivity contribution in [2.45, 2.75) is 77.5 Å². The van der Waals surface area contributed by atoms with E-state index in [0.29, 0.717) is 11.8 Å². The molecule has 0 N–H and O–H groups in total. The van der Waals surface area contributed by atoms with Crippen molar-refractivity contribution in [3.05, 3.63) is 0 Å². The van der Waals surface area contributed by atoms with Crippen molar-refractivity contribution in [1.29, 1.82) is 0 Å². The molecule has 0 aromatic heterocycles. The van der Waals surface area contributed by atoms with E-state index in [0.717, 1.165) is 44.4 Å². The van der Waals surface area contributed by atoms with Crippen LogP contribution in [0.25, 0.3) is 0 Å². The highest BCUT2D eigenvalue weighted by Gasteiger charge is 2.58. The fourth-order valence-corrected chi connectivity index (χ4v) is 5.43. The zero-order valence-electron chi connectivity index (χ0n) is 16.2. The van der Waals surface area contributed by atoms with Gasteiger partial charge in [-0.2, -0.15) is 13.2 Å². The first-order valence-electron chi connectivity index (χ1n) is 9.95. The molecule has 4 aliphatic carbocycles. The molecule has 7 heteroatoms. The van der Waals surface area contributed by atoms with E-state index >= 15 is 0 Å². The average Bonchev–Trinajstić information content (AvgIpc) is 2.57. The van der Waals surface area contributed by atoms with Crippen molar-refractivity contribution in [1.82, 2.24) is 0 Å². The maximum atomic E-state index is 13.1. The first-order chi connectivity index (χ1) is 12.5. The largest absolute Gasteiger partial charge is 0.464 e. The zero-order valence-corrected chi connectivity index (χ0v) is 16.2. The summed E-state index contributed by atoms with van der Waals surface area (Å²) < 4.78 is 49.8. The quantitative estimate of drug-likeness (QED) is 0.619. The lowest BCUT2D eigenvalue weighted by molar-refractivity contribution is -0.230. The van der Waals surface area contributed by atoms with E-state index in [1.807, 2.05) is 6.92 Å². The van der Waals surface area contributed by atoms with E-state index in [2.05, 4.69) is 0 Å². The normalized spacial score (nSPS) is 37.0. The Labute approximate surface area is 158 Å². The molecular weight excluding hydrogens is 361 g/mol. The Kier molecular flexibility index (Phi) is 5.28. The molecule has 0 aromatic carbocycles. The number of ether oxygens (including phenoxy) is 2. The van der Waals surface area contributed by atoms with Gasteiger partial charge in [-0.15, -0.1) is 0 Å². The minimum atomic E-state index is -4.69. The van der Waals surface area contributed by atoms with E-state index in [1.54, 1.807) is 0 Å². The molecule has 27 heavy (non-hydrogen) atoms. The van der Waals surface area contributed by atoms with Gasteiger partial charge >= 0.3 is 18.1 Å². The van der Waals surface area contributed by atoms with Gasteiger partial charge in [-0.25, -0.2) is 0 Å². The second kappa shape index (κ2) is 6.96. The van der Waals surface area contributed by atoms with Crippen molar-refractivity contribution in [2.24, 2.45) is 29.1 Å². The van der Waals surface area contributed by atoms with Crippen molar-refractivity contribution in [3.8, 4) is 0 Å². The molecule has 4 rings (SSSR count). The zero-order chi connectivity index (χ0) is 20.0. The summed E-state index contributed by atoms with van der Waals surface area (Å²) in [5.74, 6) is 0.389. The molecule has 4 nitrogen and oxygen atoms in total. The molecule has 0 spiro atoms. The SMILES string of the molecule is CCC(C)(C(=O)OCCC(=O)OC1(C)C2CC3CC(C2)CC1C3)C(F)(F)F. The third kappa shape index (κ3) is 3.58. The fraction of sp³-hybridized carbons (Fsp3) is 0.900. The third-order valence-electron chi connectivity index (χ3n) is 7.42. The van der Waals surface area contributed by atoms with Gasteiger partial charge in [0.05, 0.1) is 6.42 Å². The highest BCUT2D eigenvalue weighted by atomic mass is 19.4. The van der Waals surface area contributed by atoms with Crippen molar-refractivity contribution < 1.29 is 32.2 Å². The Bertz CT molecular complexity index is 573. The van der Waals surface area contributed by atoms with E-state index in [4.69, 9.17) is 9.47 Å². The van der Waals surface area contributed by atoms with E-state index in [1.165, 1.54) is 13.3 Å². The van der Waals surface area contributed by atoms with Crippen molar-refractivity contribution >= 4 is 11.9 Å². The molecule has 0 aromatic rings. The topological polar surface area (TPSA) is 52.6 Å². The van der Waals surface area contributed by atoms with Crippen LogP contribution in [0.3, 0.4) is 0 Å². The molecule has 4 aliphatic rings. The summed E-state index contributed by atoms with van der Waals surface area (Å²) in [6.45, 7) is 3.72. The molecule has 1 atom stereocenters. The highest BCUT2D eigenvalue weighted by molar-refractivity contribution is 5.78. The van der Waals surface area contributed by atoms with Gasteiger partial charge in [0.25, 0.3) is 0 Å². The Morgan fingerprint density at radius 3 is 2.00 bits per heavy atom. The minimum Gasteiger partial charge on any atom is -0.464 e. The van der Waals surface area contributed by atoms with E-state index < -0.39 is 35.6 Å². The average molecular weight is 390 g/mol. The third-order valence-corrected chi connectivity index (χ3v) is 7.42. The summed E-state index contributed by atoms with van der Waals surface area (Å²) in [6, 6.07) is 0. The molecule has 0 saturated heterocycles. The van der Waals surface area contributed by atoms with Crippen molar-refractivity contribution in [2.75, 3.05) is 6.61 Å². The Morgan fingerprint density at radius 2 is 1.56 bits per heavy atom. The standard InChI is InChI=1S/C20H29F3O4/c1-4-18(2,20(21,22)23)17(25)26-6-5-16(24)27-19(3)14-8-12-7-13(10-14)11-15(19)9-12/h12-15H,4-11H2,1-3H3. The highest BCUT2D eigenvalue weighted by Crippen LogP contribution is 2.59. The molecule has 4 bridgehead atoms. The predicted molar refractivity (Wildman–Crippen MR) is 91.6 cm³/mol. The number of halogens is 3. The molecule has 0 radical (unpaired) electrons. The van der Waals surface area contributed by atoms with Gasteiger partial charge in [0, 0.05) is 0 Å². The van der Waals surface area contributed by atoms with Crippen LogP contribution in [-0.4, -0.2) is 30.3 Å². The van der Waals surface area contributed by atoms with Crippen molar-refractivity contribution in [3.63, 3.8) is 0 Å². The van der Waals surface area contributed by atoms with E-state index in [-0.39, 0.29) is 13.0 Å². The van der Waals surface area contributed by atoms with Gasteiger partial charge in [0.1, 0.15) is 12.2 Å². The van der Waals surface area contributed by atoms with Crippen LogP contribution in [0, 0.1) is 29.1 Å². The summed E-state index contributed by atoms with van der Waals surface area (Å²) >= 11 is 0. The van der Waals surface area contributed by atoms with Crippen LogP contribution < -0.4 is 0 Å². The number of rotatable bonds is 6. The molecule has 0 heterocycles. The summed E-state index contributed by atoms with van der Waals surface area (Å²) in [6.07, 6.45) is 0.335. The van der Waals surface area contributed by atoms with Crippen LogP contribution in [0.2, 0.25) is 0 Å². The minimum absolute atomic E-state index is 0.217. The first-order valence-corrected chi connectivity index (χ1v) is 9.95. The second-order valence-corrected chi connectivity index (χ2v) is 9.03. The molecule has 1 unspecified atom stereocenters. The van der Waals surface area contributed by atoms with Crippen LogP contribution in [0.1, 0.15) is 65.7 Å². The van der Waals surface area contributed by atoms with Gasteiger partial charge in [-0.3, -0.25) is 9.59 Å². The van der Waals surface area contributed by atoms with Gasteiger partial charge < -0.3 is 9.47 Å². The summed E-state index contributed by atoms with van der Waals surface area (Å²) in [7, 11) is 0. The van der Waals surface area contributed by atoms with Gasteiger partial charge in [-0.1, -0.05) is 6.92 Å². The molecule has 0 amide bonds. The molecule has 4 fully saturated rings. The summed E-state index contributed by atoms with van der Waals surface area (Å²) in [4.78, 5) is 24.2. The Balaban J connectivity index is 1.51. The van der Waals surface area contributed by atoms with Crippen LogP contribution in [0.15, 0.2) is 0 Å². The van der Waals surface area contributed by atoms with Crippen LogP contribution >= 0.6 is 0 Å². The summed E-state index contributed by atoms with van der Waals surface area (Å²) in [5.41, 5.74) is -3.04. The number of esters is 2. The second-order valence-electron chi connectivity index (χ2n) is 9.03. The molecule has 0 aliphatic heterocycles. The van der Waals surface area contributed by atoms with Crippen LogP contribution in [-0.2, 0) is 19.1 Å². The monoisotopic (exact) mass is 390 g/mol. The predicted octanol–water partition coefficient (Wildman–Crippen LogP) is 4.66. The fourth-order valence-electron chi connectivity index (χ4n) is 5.43.